The average molecular weight is 364 g/mol. The molecule has 25 heavy (non-hydrogen) atoms. The van der Waals surface area contributed by atoms with Crippen molar-refractivity contribution in [2.24, 2.45) is 5.92 Å². The smallest absolute Gasteiger partial charge is 0.228 e. The van der Waals surface area contributed by atoms with Crippen LogP contribution in [0.15, 0.2) is 18.2 Å². The van der Waals surface area contributed by atoms with E-state index >= 15 is 0 Å². The van der Waals surface area contributed by atoms with E-state index in [4.69, 9.17) is 0 Å². The van der Waals surface area contributed by atoms with E-state index in [1.54, 1.807) is 16.7 Å². The number of hydrogen-bond donors (Lipinski definition) is 0. The number of nitrogens with zero attached hydrogens (tertiary/aromatic N) is 2. The van der Waals surface area contributed by atoms with E-state index in [9.17, 15) is 18.0 Å². The highest BCUT2D eigenvalue weighted by Crippen LogP contribution is 2.29. The van der Waals surface area contributed by atoms with E-state index in [0.717, 1.165) is 16.8 Å². The lowest BCUT2D eigenvalue weighted by Crippen LogP contribution is -2.58. The SMILES string of the molecule is CCS(=O)(=O)C1CN(C(=O)C2CC(=O)N(c3ccc(C)c(C)c3)C2)C1. The fourth-order valence-corrected chi connectivity index (χ4v) is 4.64. The zero-order chi connectivity index (χ0) is 18.4. The summed E-state index contributed by atoms with van der Waals surface area (Å²) in [6, 6.07) is 5.84. The van der Waals surface area contributed by atoms with Crippen LogP contribution in [0.2, 0.25) is 0 Å². The molecule has 7 heteroatoms. The molecule has 1 unspecified atom stereocenters. The van der Waals surface area contributed by atoms with Crippen LogP contribution in [0.5, 0.6) is 0 Å². The molecular formula is C18H24N2O4S. The lowest BCUT2D eigenvalue weighted by atomic mass is 10.0. The van der Waals surface area contributed by atoms with Gasteiger partial charge in [0, 0.05) is 37.5 Å². The Balaban J connectivity index is 1.65. The average Bonchev–Trinajstić information content (AvgIpc) is 2.90. The molecule has 0 saturated carbocycles. The topological polar surface area (TPSA) is 74.8 Å². The summed E-state index contributed by atoms with van der Waals surface area (Å²) in [5.74, 6) is -0.455. The minimum Gasteiger partial charge on any atom is -0.340 e. The highest BCUT2D eigenvalue weighted by atomic mass is 32.2. The molecular weight excluding hydrogens is 340 g/mol. The number of benzene rings is 1. The number of rotatable bonds is 4. The monoisotopic (exact) mass is 364 g/mol. The third kappa shape index (κ3) is 3.29. The van der Waals surface area contributed by atoms with Gasteiger partial charge in [-0.1, -0.05) is 13.0 Å². The summed E-state index contributed by atoms with van der Waals surface area (Å²) in [5.41, 5.74) is 3.08. The molecule has 1 atom stereocenters. The van der Waals surface area contributed by atoms with Gasteiger partial charge in [-0.15, -0.1) is 0 Å². The van der Waals surface area contributed by atoms with Gasteiger partial charge in [-0.3, -0.25) is 9.59 Å². The maximum atomic E-state index is 12.6. The number of hydrogen-bond acceptors (Lipinski definition) is 4. The lowest BCUT2D eigenvalue weighted by Gasteiger charge is -2.39. The van der Waals surface area contributed by atoms with Crippen molar-refractivity contribution in [1.29, 1.82) is 0 Å². The molecule has 6 nitrogen and oxygen atoms in total. The molecule has 2 fully saturated rings. The zero-order valence-electron chi connectivity index (χ0n) is 14.9. The number of likely N-dealkylation sites (tertiary alicyclic amines) is 1. The van der Waals surface area contributed by atoms with Crippen molar-refractivity contribution < 1.29 is 18.0 Å². The minimum atomic E-state index is -3.10. The molecule has 2 saturated heterocycles. The van der Waals surface area contributed by atoms with E-state index in [1.165, 1.54) is 0 Å². The predicted octanol–water partition coefficient (Wildman–Crippen LogP) is 1.30. The van der Waals surface area contributed by atoms with Gasteiger partial charge in [0.25, 0.3) is 0 Å². The van der Waals surface area contributed by atoms with Crippen molar-refractivity contribution in [1.82, 2.24) is 4.90 Å². The van der Waals surface area contributed by atoms with Crippen LogP contribution in [0.25, 0.3) is 0 Å². The molecule has 0 bridgehead atoms. The van der Waals surface area contributed by atoms with Crippen LogP contribution in [-0.4, -0.2) is 55.8 Å². The fourth-order valence-electron chi connectivity index (χ4n) is 3.36. The summed E-state index contributed by atoms with van der Waals surface area (Å²) in [7, 11) is -3.10. The Morgan fingerprint density at radius 2 is 1.84 bits per heavy atom. The molecule has 2 amide bonds. The standard InChI is InChI=1S/C18H24N2O4S/c1-4-25(23,24)16-10-19(11-16)18(22)14-8-17(21)20(9-14)15-6-5-12(2)13(3)7-15/h5-7,14,16H,4,8-11H2,1-3H3. The minimum absolute atomic E-state index is 0.0557. The van der Waals surface area contributed by atoms with Crippen molar-refractivity contribution in [3.8, 4) is 0 Å². The molecule has 1 aromatic carbocycles. The molecule has 0 N–H and O–H groups in total. The van der Waals surface area contributed by atoms with Crippen molar-refractivity contribution in [3.05, 3.63) is 29.3 Å². The molecule has 1 aromatic rings. The first-order valence-electron chi connectivity index (χ1n) is 8.61. The van der Waals surface area contributed by atoms with E-state index in [0.29, 0.717) is 6.54 Å². The number of aryl methyl sites for hydroxylation is 2. The zero-order valence-corrected chi connectivity index (χ0v) is 15.7. The van der Waals surface area contributed by atoms with Gasteiger partial charge in [-0.25, -0.2) is 8.42 Å². The number of anilines is 1. The molecule has 2 aliphatic heterocycles. The van der Waals surface area contributed by atoms with Crippen LogP contribution < -0.4 is 4.90 Å². The molecule has 0 aliphatic carbocycles. The van der Waals surface area contributed by atoms with Crippen molar-refractivity contribution in [2.75, 3.05) is 30.3 Å². The number of carbonyl (C=O) groups excluding carboxylic acids is 2. The summed E-state index contributed by atoms with van der Waals surface area (Å²) >= 11 is 0. The second-order valence-electron chi connectivity index (χ2n) is 6.99. The van der Waals surface area contributed by atoms with Gasteiger partial charge in [0.05, 0.1) is 11.2 Å². The Kier molecular flexibility index (Phi) is 4.62. The second kappa shape index (κ2) is 6.44. The van der Waals surface area contributed by atoms with E-state index in [1.807, 2.05) is 32.0 Å². The maximum absolute atomic E-state index is 12.6. The van der Waals surface area contributed by atoms with Gasteiger partial charge < -0.3 is 9.80 Å². The van der Waals surface area contributed by atoms with E-state index < -0.39 is 15.1 Å². The Bertz CT molecular complexity index is 812. The van der Waals surface area contributed by atoms with Gasteiger partial charge in [0.2, 0.25) is 11.8 Å². The maximum Gasteiger partial charge on any atom is 0.228 e. The summed E-state index contributed by atoms with van der Waals surface area (Å²) in [6.45, 7) is 6.50. The van der Waals surface area contributed by atoms with E-state index in [2.05, 4.69) is 0 Å². The quantitative estimate of drug-likeness (QED) is 0.807. The molecule has 3 rings (SSSR count). The molecule has 2 aliphatic rings. The van der Waals surface area contributed by atoms with E-state index in [-0.39, 0.29) is 43.0 Å². The number of carbonyl (C=O) groups is 2. The van der Waals surface area contributed by atoms with Crippen LogP contribution in [0, 0.1) is 19.8 Å². The summed E-state index contributed by atoms with van der Waals surface area (Å²) in [4.78, 5) is 28.2. The highest BCUT2D eigenvalue weighted by Gasteiger charge is 2.44. The van der Waals surface area contributed by atoms with Crippen LogP contribution in [0.3, 0.4) is 0 Å². The third-order valence-corrected chi connectivity index (χ3v) is 7.47. The van der Waals surface area contributed by atoms with Gasteiger partial charge in [-0.05, 0) is 37.1 Å². The molecule has 136 valence electrons. The molecule has 0 aromatic heterocycles. The van der Waals surface area contributed by atoms with Crippen molar-refractivity contribution in [3.63, 3.8) is 0 Å². The first-order valence-corrected chi connectivity index (χ1v) is 10.3. The van der Waals surface area contributed by atoms with Crippen LogP contribution in [0.1, 0.15) is 24.5 Å². The normalized spacial score (nSPS) is 21.6. The Morgan fingerprint density at radius 1 is 1.16 bits per heavy atom. The van der Waals surface area contributed by atoms with Gasteiger partial charge in [-0.2, -0.15) is 0 Å². The van der Waals surface area contributed by atoms with Crippen molar-refractivity contribution in [2.45, 2.75) is 32.4 Å². The Hall–Kier alpha value is -1.89. The first-order chi connectivity index (χ1) is 11.7. The van der Waals surface area contributed by atoms with Gasteiger partial charge in [0.15, 0.2) is 9.84 Å². The van der Waals surface area contributed by atoms with Crippen LogP contribution in [-0.2, 0) is 19.4 Å². The lowest BCUT2D eigenvalue weighted by molar-refractivity contribution is -0.138. The molecule has 0 spiro atoms. The summed E-state index contributed by atoms with van der Waals surface area (Å²) < 4.78 is 23.6. The van der Waals surface area contributed by atoms with Gasteiger partial charge in [0.1, 0.15) is 0 Å². The van der Waals surface area contributed by atoms with Crippen LogP contribution >= 0.6 is 0 Å². The summed E-state index contributed by atoms with van der Waals surface area (Å²) in [5, 5.41) is -0.450. The Labute approximate surface area is 148 Å². The van der Waals surface area contributed by atoms with Gasteiger partial charge >= 0.3 is 0 Å². The Morgan fingerprint density at radius 3 is 2.44 bits per heavy atom. The second-order valence-corrected chi connectivity index (χ2v) is 9.56. The predicted molar refractivity (Wildman–Crippen MR) is 96.2 cm³/mol. The van der Waals surface area contributed by atoms with Crippen LogP contribution in [0.4, 0.5) is 5.69 Å². The first kappa shape index (κ1) is 17.9. The summed E-state index contributed by atoms with van der Waals surface area (Å²) in [6.07, 6.45) is 0.188. The fraction of sp³-hybridized carbons (Fsp3) is 0.556. The largest absolute Gasteiger partial charge is 0.340 e. The molecule has 2 heterocycles. The number of sulfone groups is 1. The highest BCUT2D eigenvalue weighted by molar-refractivity contribution is 7.92. The van der Waals surface area contributed by atoms with Crippen molar-refractivity contribution >= 4 is 27.3 Å². The third-order valence-electron chi connectivity index (χ3n) is 5.35. The number of amides is 2. The molecule has 0 radical (unpaired) electrons.